The molecule has 4 aromatic rings. The van der Waals surface area contributed by atoms with Crippen molar-refractivity contribution >= 4 is 38.8 Å². The van der Waals surface area contributed by atoms with E-state index in [1.807, 2.05) is 46.7 Å². The van der Waals surface area contributed by atoms with Gasteiger partial charge < -0.3 is 9.64 Å². The van der Waals surface area contributed by atoms with Gasteiger partial charge in [0, 0.05) is 37.1 Å². The molecule has 0 saturated carbocycles. The molecule has 1 aliphatic rings. The maximum atomic E-state index is 12.9. The van der Waals surface area contributed by atoms with Crippen LogP contribution < -0.4 is 4.74 Å². The number of rotatable bonds is 5. The Bertz CT molecular complexity index is 1160. The molecule has 0 spiro atoms. The largest absolute Gasteiger partial charge is 0.497 e. The zero-order chi connectivity index (χ0) is 21.2. The van der Waals surface area contributed by atoms with Crippen molar-refractivity contribution in [2.75, 3.05) is 33.3 Å². The van der Waals surface area contributed by atoms with Crippen LogP contribution in [-0.2, 0) is 6.54 Å². The quantitative estimate of drug-likeness (QED) is 0.451. The molecule has 1 amide bonds. The molecule has 5 rings (SSSR count). The Balaban J connectivity index is 1.19. The van der Waals surface area contributed by atoms with Crippen LogP contribution in [0.1, 0.15) is 15.5 Å². The Morgan fingerprint density at radius 2 is 1.81 bits per heavy atom. The molecular formula is C23H22N4O2S2. The number of piperazine rings is 1. The van der Waals surface area contributed by atoms with Gasteiger partial charge in [-0.1, -0.05) is 12.1 Å². The van der Waals surface area contributed by atoms with E-state index in [1.165, 1.54) is 16.0 Å². The maximum Gasteiger partial charge on any atom is 0.273 e. The SMILES string of the molecule is COc1ccc(-c2nc(C(=O)N3CCN(Cc4nc5ccccc5s4)CC3)cs2)cc1. The number of ether oxygens (including phenoxy) is 1. The number of carbonyl (C=O) groups is 1. The highest BCUT2D eigenvalue weighted by Gasteiger charge is 2.24. The molecule has 0 N–H and O–H groups in total. The molecule has 2 aromatic heterocycles. The van der Waals surface area contributed by atoms with Gasteiger partial charge in [0.2, 0.25) is 0 Å². The zero-order valence-electron chi connectivity index (χ0n) is 17.2. The fourth-order valence-corrected chi connectivity index (χ4v) is 5.50. The number of carbonyl (C=O) groups excluding carboxylic acids is 1. The van der Waals surface area contributed by atoms with Crippen molar-refractivity contribution in [3.8, 4) is 16.3 Å². The number of hydrogen-bond acceptors (Lipinski definition) is 7. The highest BCUT2D eigenvalue weighted by Crippen LogP contribution is 2.27. The van der Waals surface area contributed by atoms with Gasteiger partial charge in [-0.05, 0) is 36.4 Å². The Kier molecular flexibility index (Phi) is 5.67. The lowest BCUT2D eigenvalue weighted by Gasteiger charge is -2.33. The topological polar surface area (TPSA) is 58.6 Å². The summed E-state index contributed by atoms with van der Waals surface area (Å²) in [6, 6.07) is 16.0. The average Bonchev–Trinajstić information content (AvgIpc) is 3.46. The first kappa shape index (κ1) is 20.1. The number of para-hydroxylation sites is 1. The van der Waals surface area contributed by atoms with E-state index in [-0.39, 0.29) is 5.91 Å². The van der Waals surface area contributed by atoms with Gasteiger partial charge in [-0.15, -0.1) is 22.7 Å². The lowest BCUT2D eigenvalue weighted by Crippen LogP contribution is -2.48. The summed E-state index contributed by atoms with van der Waals surface area (Å²) < 4.78 is 6.43. The molecule has 8 heteroatoms. The summed E-state index contributed by atoms with van der Waals surface area (Å²) >= 11 is 3.24. The maximum absolute atomic E-state index is 12.9. The van der Waals surface area contributed by atoms with Crippen LogP contribution in [0.4, 0.5) is 0 Å². The van der Waals surface area contributed by atoms with Gasteiger partial charge in [0.15, 0.2) is 0 Å². The molecule has 0 bridgehead atoms. The molecular weight excluding hydrogens is 428 g/mol. The Hall–Kier alpha value is -2.81. The van der Waals surface area contributed by atoms with Crippen LogP contribution in [-0.4, -0.2) is 59.0 Å². The molecule has 31 heavy (non-hydrogen) atoms. The Labute approximate surface area is 188 Å². The third kappa shape index (κ3) is 4.32. The molecule has 158 valence electrons. The number of amides is 1. The van der Waals surface area contributed by atoms with E-state index in [0.29, 0.717) is 18.8 Å². The first-order valence-electron chi connectivity index (χ1n) is 10.2. The van der Waals surface area contributed by atoms with E-state index in [1.54, 1.807) is 18.4 Å². The summed E-state index contributed by atoms with van der Waals surface area (Å²) in [6.07, 6.45) is 0. The molecule has 3 heterocycles. The number of hydrogen-bond donors (Lipinski definition) is 0. The lowest BCUT2D eigenvalue weighted by atomic mass is 10.2. The van der Waals surface area contributed by atoms with E-state index in [9.17, 15) is 4.79 Å². The van der Waals surface area contributed by atoms with E-state index in [4.69, 9.17) is 9.72 Å². The first-order chi connectivity index (χ1) is 15.2. The van der Waals surface area contributed by atoms with Gasteiger partial charge in [-0.2, -0.15) is 0 Å². The number of nitrogens with zero attached hydrogens (tertiary/aromatic N) is 4. The minimum atomic E-state index is 0.00986. The zero-order valence-corrected chi connectivity index (χ0v) is 18.8. The molecule has 0 aliphatic carbocycles. The second kappa shape index (κ2) is 8.74. The van der Waals surface area contributed by atoms with Gasteiger partial charge in [0.05, 0.1) is 23.9 Å². The smallest absolute Gasteiger partial charge is 0.273 e. The summed E-state index contributed by atoms with van der Waals surface area (Å²) in [7, 11) is 1.65. The number of methoxy groups -OCH3 is 1. The highest BCUT2D eigenvalue weighted by atomic mass is 32.1. The fraction of sp³-hybridized carbons (Fsp3) is 0.261. The molecule has 6 nitrogen and oxygen atoms in total. The monoisotopic (exact) mass is 450 g/mol. The molecule has 2 aromatic carbocycles. The number of benzene rings is 2. The minimum absolute atomic E-state index is 0.00986. The lowest BCUT2D eigenvalue weighted by molar-refractivity contribution is 0.0623. The molecule has 0 atom stereocenters. The molecule has 0 radical (unpaired) electrons. The number of aromatic nitrogens is 2. The van der Waals surface area contributed by atoms with Crippen LogP contribution in [0.15, 0.2) is 53.9 Å². The first-order valence-corrected chi connectivity index (χ1v) is 11.9. The average molecular weight is 451 g/mol. The minimum Gasteiger partial charge on any atom is -0.497 e. The summed E-state index contributed by atoms with van der Waals surface area (Å²) in [5.41, 5.74) is 2.58. The van der Waals surface area contributed by atoms with Crippen molar-refractivity contribution in [1.29, 1.82) is 0 Å². The van der Waals surface area contributed by atoms with Gasteiger partial charge >= 0.3 is 0 Å². The van der Waals surface area contributed by atoms with Crippen molar-refractivity contribution < 1.29 is 9.53 Å². The second-order valence-electron chi connectivity index (χ2n) is 7.41. The van der Waals surface area contributed by atoms with Crippen molar-refractivity contribution in [1.82, 2.24) is 19.8 Å². The third-order valence-electron chi connectivity index (χ3n) is 5.42. The highest BCUT2D eigenvalue weighted by molar-refractivity contribution is 7.18. The number of thiazole rings is 2. The van der Waals surface area contributed by atoms with Crippen LogP contribution in [0.5, 0.6) is 5.75 Å². The molecule has 1 fully saturated rings. The summed E-state index contributed by atoms with van der Waals surface area (Å²) in [5, 5.41) is 3.83. The predicted octanol–water partition coefficient (Wildman–Crippen LogP) is 4.39. The Morgan fingerprint density at radius 3 is 2.55 bits per heavy atom. The van der Waals surface area contributed by atoms with Crippen LogP contribution in [0.25, 0.3) is 20.8 Å². The molecule has 1 aliphatic heterocycles. The van der Waals surface area contributed by atoms with E-state index in [0.717, 1.165) is 46.5 Å². The van der Waals surface area contributed by atoms with Crippen molar-refractivity contribution in [2.24, 2.45) is 0 Å². The van der Waals surface area contributed by atoms with Crippen LogP contribution in [0.3, 0.4) is 0 Å². The van der Waals surface area contributed by atoms with Crippen LogP contribution in [0, 0.1) is 0 Å². The van der Waals surface area contributed by atoms with Crippen LogP contribution in [0.2, 0.25) is 0 Å². The van der Waals surface area contributed by atoms with Gasteiger partial charge in [-0.25, -0.2) is 9.97 Å². The van der Waals surface area contributed by atoms with Gasteiger partial charge in [0.1, 0.15) is 21.5 Å². The number of fused-ring (bicyclic) bond motifs is 1. The summed E-state index contributed by atoms with van der Waals surface area (Å²) in [4.78, 5) is 26.5. The normalized spacial score (nSPS) is 14.8. The van der Waals surface area contributed by atoms with Crippen LogP contribution >= 0.6 is 22.7 Å². The van der Waals surface area contributed by atoms with Crippen molar-refractivity contribution in [2.45, 2.75) is 6.54 Å². The Morgan fingerprint density at radius 1 is 1.03 bits per heavy atom. The summed E-state index contributed by atoms with van der Waals surface area (Å²) in [5.74, 6) is 0.816. The predicted molar refractivity (Wildman–Crippen MR) is 125 cm³/mol. The fourth-order valence-electron chi connectivity index (χ4n) is 3.69. The summed E-state index contributed by atoms with van der Waals surface area (Å²) in [6.45, 7) is 3.94. The van der Waals surface area contributed by atoms with E-state index in [2.05, 4.69) is 22.0 Å². The van der Waals surface area contributed by atoms with Gasteiger partial charge in [0.25, 0.3) is 5.91 Å². The van der Waals surface area contributed by atoms with Crippen molar-refractivity contribution in [3.05, 3.63) is 64.6 Å². The molecule has 0 unspecified atom stereocenters. The molecule has 1 saturated heterocycles. The van der Waals surface area contributed by atoms with E-state index >= 15 is 0 Å². The van der Waals surface area contributed by atoms with Gasteiger partial charge in [-0.3, -0.25) is 9.69 Å². The standard InChI is InChI=1S/C23H22N4O2S2/c1-29-17-8-6-16(7-9-17)22-25-19(15-30-22)23(28)27-12-10-26(11-13-27)14-21-24-18-4-2-3-5-20(18)31-21/h2-9,15H,10-14H2,1H3. The van der Waals surface area contributed by atoms with E-state index < -0.39 is 0 Å². The van der Waals surface area contributed by atoms with Crippen molar-refractivity contribution in [3.63, 3.8) is 0 Å². The third-order valence-corrected chi connectivity index (χ3v) is 7.33. The second-order valence-corrected chi connectivity index (χ2v) is 9.38.